The van der Waals surface area contributed by atoms with Gasteiger partial charge in [0.1, 0.15) is 18.3 Å². The van der Waals surface area contributed by atoms with Gasteiger partial charge in [-0.15, -0.1) is 0 Å². The molecule has 0 unspecified atom stereocenters. The summed E-state index contributed by atoms with van der Waals surface area (Å²) in [7, 11) is 1.67. The van der Waals surface area contributed by atoms with E-state index in [9.17, 15) is 10.2 Å². The average Bonchev–Trinajstić information content (AvgIpc) is 3.01. The van der Waals surface area contributed by atoms with Crippen molar-refractivity contribution in [1.29, 1.82) is 0 Å². The number of hydrogen-bond acceptors (Lipinski definition) is 9. The summed E-state index contributed by atoms with van der Waals surface area (Å²) in [6.45, 7) is -0.403. The molecular weight excluding hydrogens is 280 g/mol. The number of nitrogens with one attached hydrogen (secondary N) is 1. The van der Waals surface area contributed by atoms with E-state index in [1.807, 2.05) is 0 Å². The Morgan fingerprint density at radius 3 is 2.76 bits per heavy atom. The fourth-order valence-corrected chi connectivity index (χ4v) is 2.40. The molecule has 0 bridgehead atoms. The Bertz CT molecular complexity index is 661. The van der Waals surface area contributed by atoms with Gasteiger partial charge in [-0.05, 0) is 0 Å². The Morgan fingerprint density at radius 1 is 1.38 bits per heavy atom. The molecule has 0 radical (unpaired) electrons. The molecule has 0 aliphatic carbocycles. The Hall–Kier alpha value is -2.01. The molecule has 6 N–H and O–H groups in total. The number of aliphatic hydroxyl groups is 3. The van der Waals surface area contributed by atoms with Crippen LogP contribution in [0.1, 0.15) is 6.23 Å². The van der Waals surface area contributed by atoms with Gasteiger partial charge in [-0.25, -0.2) is 4.98 Å². The van der Waals surface area contributed by atoms with Crippen LogP contribution in [0.25, 0.3) is 11.2 Å². The summed E-state index contributed by atoms with van der Waals surface area (Å²) in [5.74, 6) is 0.489. The van der Waals surface area contributed by atoms with Crippen LogP contribution in [0.3, 0.4) is 0 Å². The molecule has 1 saturated heterocycles. The third-order valence-electron chi connectivity index (χ3n) is 3.47. The van der Waals surface area contributed by atoms with Crippen LogP contribution >= 0.6 is 0 Å². The highest BCUT2D eigenvalue weighted by atomic mass is 16.6. The largest absolute Gasteiger partial charge is 0.394 e. The lowest BCUT2D eigenvalue weighted by Gasteiger charge is -2.16. The standard InChI is InChI=1S/C11H16N6O4/c1-13-8-5-9(16-11(12)15-8)17(3-14-5)10-7(20)6(19)4(2-18)21-10/h3-4,6-7,10,18-20H,2H2,1H3,(H3,12,13,15,16)/t4-,6-,7-,10-/m1/s1. The number of anilines is 2. The van der Waals surface area contributed by atoms with Crippen LogP contribution in [0.2, 0.25) is 0 Å². The predicted molar refractivity (Wildman–Crippen MR) is 72.3 cm³/mol. The molecule has 10 heteroatoms. The first-order chi connectivity index (χ1) is 10.1. The third kappa shape index (κ3) is 2.08. The molecule has 1 aliphatic heterocycles. The van der Waals surface area contributed by atoms with Crippen molar-refractivity contribution in [2.75, 3.05) is 24.7 Å². The van der Waals surface area contributed by atoms with Gasteiger partial charge in [-0.1, -0.05) is 0 Å². The number of rotatable bonds is 3. The third-order valence-corrected chi connectivity index (χ3v) is 3.47. The summed E-state index contributed by atoms with van der Waals surface area (Å²) in [5, 5.41) is 31.9. The predicted octanol–water partition coefficient (Wildman–Crippen LogP) is -1.94. The Labute approximate surface area is 119 Å². The number of imidazole rings is 1. The number of aliphatic hydroxyl groups excluding tert-OH is 3. The number of aromatic nitrogens is 4. The van der Waals surface area contributed by atoms with Crippen molar-refractivity contribution in [1.82, 2.24) is 19.5 Å². The Balaban J connectivity index is 2.07. The van der Waals surface area contributed by atoms with Gasteiger partial charge in [0.2, 0.25) is 5.95 Å². The van der Waals surface area contributed by atoms with Gasteiger partial charge in [-0.3, -0.25) is 4.57 Å². The number of ether oxygens (including phenoxy) is 1. The molecule has 4 atom stereocenters. The van der Waals surface area contributed by atoms with Crippen LogP contribution in [-0.4, -0.2) is 66.8 Å². The fourth-order valence-electron chi connectivity index (χ4n) is 2.40. The smallest absolute Gasteiger partial charge is 0.224 e. The minimum Gasteiger partial charge on any atom is -0.394 e. The van der Waals surface area contributed by atoms with Gasteiger partial charge in [0.05, 0.1) is 12.9 Å². The monoisotopic (exact) mass is 296 g/mol. The van der Waals surface area contributed by atoms with Crippen molar-refractivity contribution in [3.8, 4) is 0 Å². The van der Waals surface area contributed by atoms with Crippen LogP contribution in [0.15, 0.2) is 6.33 Å². The molecule has 21 heavy (non-hydrogen) atoms. The lowest BCUT2D eigenvalue weighted by Crippen LogP contribution is -2.33. The molecule has 3 rings (SSSR count). The van der Waals surface area contributed by atoms with E-state index in [-0.39, 0.29) is 5.95 Å². The first-order valence-corrected chi connectivity index (χ1v) is 6.37. The lowest BCUT2D eigenvalue weighted by atomic mass is 10.1. The van der Waals surface area contributed by atoms with Gasteiger partial charge in [0, 0.05) is 7.05 Å². The quantitative estimate of drug-likeness (QED) is 0.435. The molecule has 1 fully saturated rings. The first-order valence-electron chi connectivity index (χ1n) is 6.37. The second kappa shape index (κ2) is 5.07. The van der Waals surface area contributed by atoms with Crippen LogP contribution in [-0.2, 0) is 4.74 Å². The van der Waals surface area contributed by atoms with E-state index in [1.165, 1.54) is 10.9 Å². The molecule has 1 aliphatic rings. The van der Waals surface area contributed by atoms with Crippen molar-refractivity contribution in [3.63, 3.8) is 0 Å². The lowest BCUT2D eigenvalue weighted by molar-refractivity contribution is -0.0511. The van der Waals surface area contributed by atoms with E-state index in [0.717, 1.165) is 0 Å². The van der Waals surface area contributed by atoms with E-state index in [2.05, 4.69) is 20.3 Å². The summed E-state index contributed by atoms with van der Waals surface area (Å²) in [6.07, 6.45) is -2.78. The second-order valence-corrected chi connectivity index (χ2v) is 4.73. The van der Waals surface area contributed by atoms with E-state index < -0.39 is 31.1 Å². The van der Waals surface area contributed by atoms with Crippen molar-refractivity contribution in [2.45, 2.75) is 24.5 Å². The zero-order valence-corrected chi connectivity index (χ0v) is 11.2. The molecule has 0 saturated carbocycles. The maximum atomic E-state index is 10.1. The Kier molecular flexibility index (Phi) is 3.37. The van der Waals surface area contributed by atoms with Crippen LogP contribution < -0.4 is 11.1 Å². The number of nitrogens with two attached hydrogens (primary N) is 1. The van der Waals surface area contributed by atoms with Gasteiger partial charge < -0.3 is 31.1 Å². The van der Waals surface area contributed by atoms with Crippen molar-refractivity contribution >= 4 is 22.9 Å². The maximum absolute atomic E-state index is 10.1. The number of fused-ring (bicyclic) bond motifs is 1. The van der Waals surface area contributed by atoms with E-state index in [0.29, 0.717) is 17.0 Å². The molecule has 10 nitrogen and oxygen atoms in total. The molecule has 0 aromatic carbocycles. The van der Waals surface area contributed by atoms with Gasteiger partial charge in [0.25, 0.3) is 0 Å². The zero-order valence-electron chi connectivity index (χ0n) is 11.2. The van der Waals surface area contributed by atoms with E-state index in [4.69, 9.17) is 15.6 Å². The van der Waals surface area contributed by atoms with Gasteiger partial charge in [0.15, 0.2) is 23.2 Å². The fraction of sp³-hybridized carbons (Fsp3) is 0.545. The SMILES string of the molecule is CNc1nc(N)nc2c1ncn2[C@@H]1O[C@H](CO)[C@@H](O)[C@H]1O. The first kappa shape index (κ1) is 13.9. The van der Waals surface area contributed by atoms with Crippen molar-refractivity contribution in [3.05, 3.63) is 6.33 Å². The van der Waals surface area contributed by atoms with Gasteiger partial charge >= 0.3 is 0 Å². The average molecular weight is 296 g/mol. The van der Waals surface area contributed by atoms with Crippen molar-refractivity contribution < 1.29 is 20.1 Å². The van der Waals surface area contributed by atoms with E-state index >= 15 is 0 Å². The highest BCUT2D eigenvalue weighted by Crippen LogP contribution is 2.32. The summed E-state index contributed by atoms with van der Waals surface area (Å²) >= 11 is 0. The summed E-state index contributed by atoms with van der Waals surface area (Å²) in [5.41, 5.74) is 6.47. The van der Waals surface area contributed by atoms with Crippen LogP contribution in [0.5, 0.6) is 0 Å². The number of hydrogen-bond donors (Lipinski definition) is 5. The molecule has 2 aromatic heterocycles. The normalized spacial score (nSPS) is 29.1. The highest BCUT2D eigenvalue weighted by molar-refractivity contribution is 5.84. The topological polar surface area (TPSA) is 152 Å². The maximum Gasteiger partial charge on any atom is 0.224 e. The molecule has 2 aromatic rings. The van der Waals surface area contributed by atoms with E-state index in [1.54, 1.807) is 7.05 Å². The van der Waals surface area contributed by atoms with Crippen LogP contribution in [0.4, 0.5) is 11.8 Å². The molecular formula is C11H16N6O4. The number of nitrogens with zero attached hydrogens (tertiary/aromatic N) is 4. The van der Waals surface area contributed by atoms with Crippen molar-refractivity contribution in [2.24, 2.45) is 0 Å². The minimum absolute atomic E-state index is 0.0420. The summed E-state index contributed by atoms with van der Waals surface area (Å²) in [6, 6.07) is 0. The summed E-state index contributed by atoms with van der Waals surface area (Å²) < 4.78 is 6.91. The van der Waals surface area contributed by atoms with Gasteiger partial charge in [-0.2, -0.15) is 9.97 Å². The molecule has 0 spiro atoms. The molecule has 0 amide bonds. The minimum atomic E-state index is -1.21. The second-order valence-electron chi connectivity index (χ2n) is 4.73. The highest BCUT2D eigenvalue weighted by Gasteiger charge is 2.44. The van der Waals surface area contributed by atoms with Crippen LogP contribution in [0, 0.1) is 0 Å². The molecule has 114 valence electrons. The summed E-state index contributed by atoms with van der Waals surface area (Å²) in [4.78, 5) is 12.3. The molecule has 3 heterocycles. The number of nitrogen functional groups attached to an aromatic ring is 1. The Morgan fingerprint density at radius 2 is 2.14 bits per heavy atom. The zero-order chi connectivity index (χ0) is 15.1.